The first-order valence-electron chi connectivity index (χ1n) is 8.74. The van der Waals surface area contributed by atoms with E-state index in [-0.39, 0.29) is 11.6 Å². The third kappa shape index (κ3) is 4.82. The van der Waals surface area contributed by atoms with E-state index in [2.05, 4.69) is 41.2 Å². The number of aromatic nitrogens is 2. The molecule has 1 aliphatic rings. The first-order chi connectivity index (χ1) is 11.9. The van der Waals surface area contributed by atoms with E-state index in [0.717, 1.165) is 37.8 Å². The Labute approximate surface area is 154 Å². The predicted octanol–water partition coefficient (Wildman–Crippen LogP) is 3.02. The summed E-state index contributed by atoms with van der Waals surface area (Å²) in [6, 6.07) is 8.48. The number of halogens is 1. The second kappa shape index (κ2) is 7.87. The largest absolute Gasteiger partial charge is 0.373 e. The van der Waals surface area contributed by atoms with Gasteiger partial charge in [-0.25, -0.2) is 4.98 Å². The molecule has 0 aliphatic carbocycles. The molecule has 25 heavy (non-hydrogen) atoms. The van der Waals surface area contributed by atoms with Crippen molar-refractivity contribution in [1.29, 1.82) is 0 Å². The summed E-state index contributed by atoms with van der Waals surface area (Å²) in [4.78, 5) is 6.68. The number of imidazole rings is 1. The van der Waals surface area contributed by atoms with Gasteiger partial charge in [-0.2, -0.15) is 0 Å². The number of morpholine rings is 1. The third-order valence-corrected chi connectivity index (χ3v) is 4.96. The lowest BCUT2D eigenvalue weighted by molar-refractivity contribution is -0.0974. The lowest BCUT2D eigenvalue weighted by atomic mass is 10.0. The van der Waals surface area contributed by atoms with Gasteiger partial charge in [0, 0.05) is 50.5 Å². The molecule has 6 heteroatoms. The van der Waals surface area contributed by atoms with Crippen molar-refractivity contribution < 1.29 is 4.74 Å². The molecule has 0 amide bonds. The minimum Gasteiger partial charge on any atom is -0.373 e. The van der Waals surface area contributed by atoms with Crippen molar-refractivity contribution in [2.75, 3.05) is 26.2 Å². The Morgan fingerprint density at radius 2 is 2.08 bits per heavy atom. The Hall–Kier alpha value is -1.40. The highest BCUT2D eigenvalue weighted by Gasteiger charge is 2.31. The van der Waals surface area contributed by atoms with Gasteiger partial charge in [-0.15, -0.1) is 0 Å². The molecule has 1 N–H and O–H groups in total. The summed E-state index contributed by atoms with van der Waals surface area (Å²) in [5.74, 6) is 0. The van der Waals surface area contributed by atoms with Crippen LogP contribution in [0.3, 0.4) is 0 Å². The number of nitrogens with zero attached hydrogens (tertiary/aromatic N) is 3. The van der Waals surface area contributed by atoms with Gasteiger partial charge in [0.05, 0.1) is 24.2 Å². The van der Waals surface area contributed by atoms with Gasteiger partial charge in [0.15, 0.2) is 0 Å². The standard InChI is InChI=1S/C19H27ClN4O/c1-19(2)13-24(8-9-25-19)18(15-4-6-16(20)7-5-15)12-21-10-17-11-22-14-23(17)3/h4-7,11,14,18,21H,8-10,12-13H2,1-3H3. The van der Waals surface area contributed by atoms with E-state index in [1.165, 1.54) is 11.3 Å². The van der Waals surface area contributed by atoms with Gasteiger partial charge >= 0.3 is 0 Å². The molecule has 0 radical (unpaired) electrons. The molecular weight excluding hydrogens is 336 g/mol. The minimum atomic E-state index is -0.120. The van der Waals surface area contributed by atoms with E-state index < -0.39 is 0 Å². The van der Waals surface area contributed by atoms with Crippen molar-refractivity contribution in [3.8, 4) is 0 Å². The van der Waals surface area contributed by atoms with E-state index in [1.807, 2.05) is 36.3 Å². The average Bonchev–Trinajstić information content (AvgIpc) is 2.97. The SMILES string of the molecule is Cn1cncc1CNCC(c1ccc(Cl)cc1)N1CCOC(C)(C)C1. The molecule has 2 heterocycles. The van der Waals surface area contributed by atoms with E-state index in [9.17, 15) is 0 Å². The van der Waals surface area contributed by atoms with Crippen LogP contribution in [-0.4, -0.2) is 46.3 Å². The number of rotatable bonds is 6. The molecule has 1 aliphatic heterocycles. The Balaban J connectivity index is 1.72. The highest BCUT2D eigenvalue weighted by Crippen LogP contribution is 2.27. The first-order valence-corrected chi connectivity index (χ1v) is 9.12. The Kier molecular flexibility index (Phi) is 5.79. The maximum absolute atomic E-state index is 6.08. The van der Waals surface area contributed by atoms with Crippen LogP contribution in [0.1, 0.15) is 31.1 Å². The van der Waals surface area contributed by atoms with E-state index in [1.54, 1.807) is 0 Å². The van der Waals surface area contributed by atoms with Gasteiger partial charge in [0.1, 0.15) is 0 Å². The number of benzene rings is 1. The van der Waals surface area contributed by atoms with Crippen molar-refractivity contribution >= 4 is 11.6 Å². The van der Waals surface area contributed by atoms with Crippen molar-refractivity contribution in [1.82, 2.24) is 19.8 Å². The molecule has 136 valence electrons. The van der Waals surface area contributed by atoms with Gasteiger partial charge in [-0.05, 0) is 31.5 Å². The van der Waals surface area contributed by atoms with E-state index in [0.29, 0.717) is 0 Å². The Bertz CT molecular complexity index is 683. The molecule has 1 aromatic heterocycles. The van der Waals surface area contributed by atoms with E-state index >= 15 is 0 Å². The summed E-state index contributed by atoms with van der Waals surface area (Å²) in [6.45, 7) is 8.58. The third-order valence-electron chi connectivity index (χ3n) is 4.71. The van der Waals surface area contributed by atoms with Crippen LogP contribution in [0, 0.1) is 0 Å². The zero-order chi connectivity index (χ0) is 17.9. The molecule has 1 atom stereocenters. The fourth-order valence-corrected chi connectivity index (χ4v) is 3.48. The second-order valence-electron chi connectivity index (χ2n) is 7.27. The summed E-state index contributed by atoms with van der Waals surface area (Å²) < 4.78 is 7.93. The van der Waals surface area contributed by atoms with Crippen LogP contribution in [-0.2, 0) is 18.3 Å². The predicted molar refractivity (Wildman–Crippen MR) is 101 cm³/mol. The van der Waals surface area contributed by atoms with Crippen LogP contribution in [0.25, 0.3) is 0 Å². The summed E-state index contributed by atoms with van der Waals surface area (Å²) in [6.07, 6.45) is 3.74. The molecule has 3 rings (SSSR count). The highest BCUT2D eigenvalue weighted by atomic mass is 35.5. The summed E-state index contributed by atoms with van der Waals surface area (Å²) >= 11 is 6.08. The summed E-state index contributed by atoms with van der Waals surface area (Å²) in [7, 11) is 2.02. The van der Waals surface area contributed by atoms with Crippen LogP contribution < -0.4 is 5.32 Å². The second-order valence-corrected chi connectivity index (χ2v) is 7.71. The monoisotopic (exact) mass is 362 g/mol. The van der Waals surface area contributed by atoms with Gasteiger partial charge in [-0.3, -0.25) is 4.90 Å². The Morgan fingerprint density at radius 3 is 2.72 bits per heavy atom. The van der Waals surface area contributed by atoms with Crippen molar-refractivity contribution in [3.05, 3.63) is 53.1 Å². The fourth-order valence-electron chi connectivity index (χ4n) is 3.35. The lowest BCUT2D eigenvalue weighted by Gasteiger charge is -2.42. The topological polar surface area (TPSA) is 42.3 Å². The minimum absolute atomic E-state index is 0.120. The quantitative estimate of drug-likeness (QED) is 0.857. The first kappa shape index (κ1) is 18.4. The van der Waals surface area contributed by atoms with Crippen LogP contribution in [0.15, 0.2) is 36.8 Å². The van der Waals surface area contributed by atoms with Gasteiger partial charge in [-0.1, -0.05) is 23.7 Å². The summed E-state index contributed by atoms with van der Waals surface area (Å²) in [5, 5.41) is 4.36. The number of hydrogen-bond donors (Lipinski definition) is 1. The lowest BCUT2D eigenvalue weighted by Crippen LogP contribution is -2.51. The molecule has 0 saturated carbocycles. The highest BCUT2D eigenvalue weighted by molar-refractivity contribution is 6.30. The maximum Gasteiger partial charge on any atom is 0.0945 e. The van der Waals surface area contributed by atoms with Gasteiger partial charge < -0.3 is 14.6 Å². The fraction of sp³-hybridized carbons (Fsp3) is 0.526. The molecule has 2 aromatic rings. The molecule has 5 nitrogen and oxygen atoms in total. The van der Waals surface area contributed by atoms with Crippen LogP contribution in [0.2, 0.25) is 5.02 Å². The van der Waals surface area contributed by atoms with Crippen LogP contribution >= 0.6 is 11.6 Å². The molecule has 0 spiro atoms. The molecule has 0 bridgehead atoms. The average molecular weight is 363 g/mol. The normalized spacial score (nSPS) is 19.0. The van der Waals surface area contributed by atoms with Crippen molar-refractivity contribution in [2.45, 2.75) is 32.0 Å². The molecule has 1 fully saturated rings. The van der Waals surface area contributed by atoms with Crippen LogP contribution in [0.5, 0.6) is 0 Å². The number of hydrogen-bond acceptors (Lipinski definition) is 4. The number of nitrogens with one attached hydrogen (secondary N) is 1. The van der Waals surface area contributed by atoms with E-state index in [4.69, 9.17) is 16.3 Å². The van der Waals surface area contributed by atoms with Crippen molar-refractivity contribution in [2.24, 2.45) is 7.05 Å². The van der Waals surface area contributed by atoms with Crippen LogP contribution in [0.4, 0.5) is 0 Å². The molecule has 1 aromatic carbocycles. The molecule has 1 unspecified atom stereocenters. The zero-order valence-electron chi connectivity index (χ0n) is 15.2. The summed E-state index contributed by atoms with van der Waals surface area (Å²) in [5.41, 5.74) is 2.34. The Morgan fingerprint density at radius 1 is 1.32 bits per heavy atom. The maximum atomic E-state index is 6.08. The molecular formula is C19H27ClN4O. The van der Waals surface area contributed by atoms with Gasteiger partial charge in [0.2, 0.25) is 0 Å². The zero-order valence-corrected chi connectivity index (χ0v) is 16.0. The number of aryl methyl sites for hydroxylation is 1. The number of ether oxygens (including phenoxy) is 1. The molecule has 1 saturated heterocycles. The van der Waals surface area contributed by atoms with Crippen molar-refractivity contribution in [3.63, 3.8) is 0 Å². The van der Waals surface area contributed by atoms with Gasteiger partial charge in [0.25, 0.3) is 0 Å². The smallest absolute Gasteiger partial charge is 0.0945 e.